The SMILES string of the molecule is Cc1cc(C)c(S(=O)(=O)N2CCc3cn[nH]c3C2)cc1C(=O)O. The number of nitrogens with zero attached hydrogens (tertiary/aromatic N) is 2. The lowest BCUT2D eigenvalue weighted by Gasteiger charge is -2.26. The van der Waals surface area contributed by atoms with E-state index in [1.54, 1.807) is 26.1 Å². The first kappa shape index (κ1) is 15.7. The van der Waals surface area contributed by atoms with Crippen LogP contribution in [0.15, 0.2) is 23.2 Å². The summed E-state index contributed by atoms with van der Waals surface area (Å²) in [6.07, 6.45) is 2.29. The number of aromatic carboxylic acids is 1. The second kappa shape index (κ2) is 5.47. The second-order valence-electron chi connectivity index (χ2n) is 5.70. The molecule has 0 saturated carbocycles. The number of aromatic amines is 1. The van der Waals surface area contributed by atoms with E-state index in [0.717, 1.165) is 11.3 Å². The van der Waals surface area contributed by atoms with E-state index in [-0.39, 0.29) is 17.0 Å². The summed E-state index contributed by atoms with van der Waals surface area (Å²) in [6, 6.07) is 2.85. The fourth-order valence-electron chi connectivity index (χ4n) is 2.88. The summed E-state index contributed by atoms with van der Waals surface area (Å²) in [7, 11) is -3.76. The van der Waals surface area contributed by atoms with Gasteiger partial charge < -0.3 is 5.11 Å². The molecule has 23 heavy (non-hydrogen) atoms. The Labute approximate surface area is 134 Å². The third-order valence-electron chi connectivity index (χ3n) is 4.14. The number of hydrogen-bond donors (Lipinski definition) is 2. The number of fused-ring (bicyclic) bond motifs is 1. The molecule has 0 fully saturated rings. The molecule has 0 bridgehead atoms. The number of nitrogens with one attached hydrogen (secondary N) is 1. The molecule has 2 N–H and O–H groups in total. The van der Waals surface area contributed by atoms with Gasteiger partial charge in [-0.1, -0.05) is 6.07 Å². The van der Waals surface area contributed by atoms with E-state index >= 15 is 0 Å². The number of rotatable bonds is 3. The lowest BCUT2D eigenvalue weighted by Crippen LogP contribution is -2.36. The van der Waals surface area contributed by atoms with Crippen LogP contribution in [0.1, 0.15) is 32.7 Å². The van der Waals surface area contributed by atoms with Gasteiger partial charge in [0.15, 0.2) is 0 Å². The van der Waals surface area contributed by atoms with Crippen LogP contribution in [-0.2, 0) is 23.0 Å². The van der Waals surface area contributed by atoms with Gasteiger partial charge in [0.2, 0.25) is 10.0 Å². The van der Waals surface area contributed by atoms with Crippen LogP contribution in [0, 0.1) is 13.8 Å². The van der Waals surface area contributed by atoms with Crippen molar-refractivity contribution in [1.82, 2.24) is 14.5 Å². The molecule has 1 aliphatic heterocycles. The van der Waals surface area contributed by atoms with Crippen molar-refractivity contribution in [1.29, 1.82) is 0 Å². The van der Waals surface area contributed by atoms with Crippen molar-refractivity contribution >= 4 is 16.0 Å². The van der Waals surface area contributed by atoms with Crippen LogP contribution in [0.3, 0.4) is 0 Å². The molecule has 2 heterocycles. The van der Waals surface area contributed by atoms with Crippen molar-refractivity contribution in [3.8, 4) is 0 Å². The van der Waals surface area contributed by atoms with Crippen molar-refractivity contribution in [2.45, 2.75) is 31.7 Å². The predicted octanol–water partition coefficient (Wildman–Crippen LogP) is 1.47. The zero-order chi connectivity index (χ0) is 16.8. The second-order valence-corrected chi connectivity index (χ2v) is 7.61. The van der Waals surface area contributed by atoms with Crippen LogP contribution in [0.4, 0.5) is 0 Å². The topological polar surface area (TPSA) is 103 Å². The maximum absolute atomic E-state index is 12.9. The van der Waals surface area contributed by atoms with Crippen LogP contribution in [0.5, 0.6) is 0 Å². The summed E-state index contributed by atoms with van der Waals surface area (Å²) in [4.78, 5) is 11.3. The quantitative estimate of drug-likeness (QED) is 0.884. The molecule has 0 aliphatic carbocycles. The average molecular weight is 335 g/mol. The zero-order valence-electron chi connectivity index (χ0n) is 12.8. The minimum absolute atomic E-state index is 0.00779. The molecule has 0 atom stereocenters. The standard InChI is InChI=1S/C15H17N3O4S/c1-9-5-10(2)14(6-12(9)15(19)20)23(21,22)18-4-3-11-7-16-17-13(11)8-18/h5-7H,3-4,8H2,1-2H3,(H,16,17)(H,19,20). The Kier molecular flexibility index (Phi) is 3.73. The Balaban J connectivity index is 2.04. The van der Waals surface area contributed by atoms with Gasteiger partial charge >= 0.3 is 5.97 Å². The summed E-state index contributed by atoms with van der Waals surface area (Å²) >= 11 is 0. The number of sulfonamides is 1. The highest BCUT2D eigenvalue weighted by Gasteiger charge is 2.31. The van der Waals surface area contributed by atoms with E-state index in [0.29, 0.717) is 24.1 Å². The highest BCUT2D eigenvalue weighted by atomic mass is 32.2. The number of hydrogen-bond acceptors (Lipinski definition) is 4. The summed E-state index contributed by atoms with van der Waals surface area (Å²) < 4.78 is 27.2. The van der Waals surface area contributed by atoms with Gasteiger partial charge in [-0.2, -0.15) is 9.40 Å². The van der Waals surface area contributed by atoms with Gasteiger partial charge in [0.1, 0.15) is 0 Å². The van der Waals surface area contributed by atoms with Crippen LogP contribution in [0.25, 0.3) is 0 Å². The highest BCUT2D eigenvalue weighted by molar-refractivity contribution is 7.89. The Hall–Kier alpha value is -2.19. The number of aryl methyl sites for hydroxylation is 2. The van der Waals surface area contributed by atoms with E-state index in [2.05, 4.69) is 10.2 Å². The van der Waals surface area contributed by atoms with Gasteiger partial charge in [-0.3, -0.25) is 5.10 Å². The van der Waals surface area contributed by atoms with Crippen LogP contribution in [-0.4, -0.2) is 40.5 Å². The average Bonchev–Trinajstić information content (AvgIpc) is 2.93. The van der Waals surface area contributed by atoms with Gasteiger partial charge in [0.05, 0.1) is 28.9 Å². The lowest BCUT2D eigenvalue weighted by atomic mass is 10.1. The van der Waals surface area contributed by atoms with Crippen molar-refractivity contribution < 1.29 is 18.3 Å². The summed E-state index contributed by atoms with van der Waals surface area (Å²) in [6.45, 7) is 3.90. The predicted molar refractivity (Wildman–Crippen MR) is 82.8 cm³/mol. The first-order valence-corrected chi connectivity index (χ1v) is 8.60. The summed E-state index contributed by atoms with van der Waals surface area (Å²) in [5.41, 5.74) is 2.89. The molecular weight excluding hydrogens is 318 g/mol. The summed E-state index contributed by atoms with van der Waals surface area (Å²) in [5.74, 6) is -1.13. The number of H-pyrrole nitrogens is 1. The molecule has 0 spiro atoms. The molecule has 2 aromatic rings. The fourth-order valence-corrected chi connectivity index (χ4v) is 4.52. The van der Waals surface area contributed by atoms with Crippen molar-refractivity contribution in [2.75, 3.05) is 6.54 Å². The largest absolute Gasteiger partial charge is 0.478 e. The number of carbonyl (C=O) groups is 1. The maximum atomic E-state index is 12.9. The molecule has 3 rings (SSSR count). The zero-order valence-corrected chi connectivity index (χ0v) is 13.6. The Morgan fingerprint density at radius 2 is 2.04 bits per heavy atom. The van der Waals surface area contributed by atoms with Gasteiger partial charge in [0, 0.05) is 6.54 Å². The first-order chi connectivity index (χ1) is 10.8. The van der Waals surface area contributed by atoms with Crippen LogP contribution >= 0.6 is 0 Å². The minimum Gasteiger partial charge on any atom is -0.478 e. The molecule has 0 amide bonds. The van der Waals surface area contributed by atoms with Gasteiger partial charge in [-0.25, -0.2) is 13.2 Å². The Bertz CT molecular complexity index is 886. The van der Waals surface area contributed by atoms with Crippen molar-refractivity contribution in [3.63, 3.8) is 0 Å². The third kappa shape index (κ3) is 2.64. The molecule has 0 radical (unpaired) electrons. The van der Waals surface area contributed by atoms with Crippen LogP contribution < -0.4 is 0 Å². The van der Waals surface area contributed by atoms with E-state index < -0.39 is 16.0 Å². The van der Waals surface area contributed by atoms with Crippen molar-refractivity contribution in [3.05, 3.63) is 46.3 Å². The third-order valence-corrected chi connectivity index (χ3v) is 6.13. The van der Waals surface area contributed by atoms with E-state index in [1.165, 1.54) is 10.4 Å². The van der Waals surface area contributed by atoms with Gasteiger partial charge in [-0.15, -0.1) is 0 Å². The van der Waals surface area contributed by atoms with Crippen LogP contribution in [0.2, 0.25) is 0 Å². The maximum Gasteiger partial charge on any atom is 0.335 e. The molecule has 1 aromatic carbocycles. The molecule has 8 heteroatoms. The van der Waals surface area contributed by atoms with Gasteiger partial charge in [-0.05, 0) is 43.0 Å². The van der Waals surface area contributed by atoms with E-state index in [1.807, 2.05) is 0 Å². The lowest BCUT2D eigenvalue weighted by molar-refractivity contribution is 0.0696. The number of carboxylic acids is 1. The Morgan fingerprint density at radius 3 is 2.74 bits per heavy atom. The molecule has 0 unspecified atom stereocenters. The van der Waals surface area contributed by atoms with Crippen molar-refractivity contribution in [2.24, 2.45) is 0 Å². The van der Waals surface area contributed by atoms with E-state index in [4.69, 9.17) is 0 Å². The first-order valence-electron chi connectivity index (χ1n) is 7.16. The molecule has 122 valence electrons. The monoisotopic (exact) mass is 335 g/mol. The molecule has 0 saturated heterocycles. The highest BCUT2D eigenvalue weighted by Crippen LogP contribution is 2.27. The minimum atomic E-state index is -3.76. The number of carboxylic acid groups (broad SMARTS) is 1. The smallest absolute Gasteiger partial charge is 0.335 e. The molecular formula is C15H17N3O4S. The molecule has 1 aromatic heterocycles. The molecule has 1 aliphatic rings. The normalized spacial score (nSPS) is 15.4. The van der Waals surface area contributed by atoms with E-state index in [9.17, 15) is 18.3 Å². The summed E-state index contributed by atoms with van der Waals surface area (Å²) in [5, 5.41) is 16.0. The Morgan fingerprint density at radius 1 is 1.30 bits per heavy atom. The molecule has 7 nitrogen and oxygen atoms in total. The fraction of sp³-hybridized carbons (Fsp3) is 0.333. The van der Waals surface area contributed by atoms with Gasteiger partial charge in [0.25, 0.3) is 0 Å². The number of benzene rings is 1. The number of aromatic nitrogens is 2.